The summed E-state index contributed by atoms with van der Waals surface area (Å²) in [5, 5.41) is 12.0. The molecule has 2 amide bonds. The van der Waals surface area contributed by atoms with Crippen molar-refractivity contribution in [1.29, 1.82) is 0 Å². The molecule has 2 aliphatic rings. The van der Waals surface area contributed by atoms with E-state index in [2.05, 4.69) is 17.3 Å². The second kappa shape index (κ2) is 5.56. The number of nitrogens with one attached hydrogen (secondary N) is 1. The van der Waals surface area contributed by atoms with Crippen LogP contribution in [0.1, 0.15) is 25.7 Å². The van der Waals surface area contributed by atoms with E-state index in [1.165, 1.54) is 4.90 Å². The van der Waals surface area contributed by atoms with Gasteiger partial charge in [-0.15, -0.1) is 0 Å². The van der Waals surface area contributed by atoms with Gasteiger partial charge in [0.2, 0.25) is 0 Å². The van der Waals surface area contributed by atoms with Gasteiger partial charge in [0.05, 0.1) is 0 Å². The maximum Gasteiger partial charge on any atom is 0.326 e. The van der Waals surface area contributed by atoms with E-state index in [-0.39, 0.29) is 12.1 Å². The first-order valence-electron chi connectivity index (χ1n) is 6.56. The number of hydrogen-bond donors (Lipinski definition) is 2. The standard InChI is InChI=1S/C12H21N3O3/c1-14-7-4-9(5-8-14)13-12(18)15-6-2-3-10(15)11(16)17/h9-10H,2-8H2,1H3,(H,13,18)(H,16,17)/t10-/m0/s1. The lowest BCUT2D eigenvalue weighted by Crippen LogP contribution is -2.51. The lowest BCUT2D eigenvalue weighted by Gasteiger charge is -2.31. The average molecular weight is 255 g/mol. The topological polar surface area (TPSA) is 72.9 Å². The molecule has 2 N–H and O–H groups in total. The third-order valence-electron chi connectivity index (χ3n) is 3.84. The highest BCUT2D eigenvalue weighted by atomic mass is 16.4. The molecule has 2 aliphatic heterocycles. The summed E-state index contributed by atoms with van der Waals surface area (Å²) in [4.78, 5) is 26.8. The Balaban J connectivity index is 1.86. The molecule has 0 unspecified atom stereocenters. The first-order chi connectivity index (χ1) is 8.58. The Morgan fingerprint density at radius 1 is 1.17 bits per heavy atom. The molecule has 2 fully saturated rings. The number of piperidine rings is 1. The van der Waals surface area contributed by atoms with Crippen LogP contribution in [0.5, 0.6) is 0 Å². The van der Waals surface area contributed by atoms with Crippen LogP contribution >= 0.6 is 0 Å². The largest absolute Gasteiger partial charge is 0.480 e. The van der Waals surface area contributed by atoms with E-state index in [4.69, 9.17) is 5.11 Å². The van der Waals surface area contributed by atoms with Crippen LogP contribution in [0.2, 0.25) is 0 Å². The average Bonchev–Trinajstić information content (AvgIpc) is 2.81. The van der Waals surface area contributed by atoms with Gasteiger partial charge in [-0.05, 0) is 45.8 Å². The van der Waals surface area contributed by atoms with Crippen LogP contribution in [0.3, 0.4) is 0 Å². The molecule has 0 spiro atoms. The van der Waals surface area contributed by atoms with Gasteiger partial charge in [-0.25, -0.2) is 9.59 Å². The molecule has 0 saturated carbocycles. The Kier molecular flexibility index (Phi) is 4.06. The monoisotopic (exact) mass is 255 g/mol. The number of urea groups is 1. The summed E-state index contributed by atoms with van der Waals surface area (Å²) >= 11 is 0. The molecule has 2 heterocycles. The van der Waals surface area contributed by atoms with E-state index in [9.17, 15) is 9.59 Å². The number of carbonyl (C=O) groups is 2. The molecule has 6 nitrogen and oxygen atoms in total. The number of nitrogens with zero attached hydrogens (tertiary/aromatic N) is 2. The summed E-state index contributed by atoms with van der Waals surface area (Å²) in [6.07, 6.45) is 3.22. The van der Waals surface area contributed by atoms with Gasteiger partial charge in [-0.3, -0.25) is 0 Å². The summed E-state index contributed by atoms with van der Waals surface area (Å²) in [5.74, 6) is -0.897. The van der Waals surface area contributed by atoms with Gasteiger partial charge in [-0.2, -0.15) is 0 Å². The maximum atomic E-state index is 12.0. The van der Waals surface area contributed by atoms with Crippen LogP contribution in [0.15, 0.2) is 0 Å². The van der Waals surface area contributed by atoms with E-state index < -0.39 is 12.0 Å². The quantitative estimate of drug-likeness (QED) is 0.746. The van der Waals surface area contributed by atoms with E-state index in [1.807, 2.05) is 0 Å². The van der Waals surface area contributed by atoms with Crippen LogP contribution < -0.4 is 5.32 Å². The molecule has 2 rings (SSSR count). The number of carboxylic acid groups (broad SMARTS) is 1. The lowest BCUT2D eigenvalue weighted by atomic mass is 10.1. The molecule has 6 heteroatoms. The highest BCUT2D eigenvalue weighted by Gasteiger charge is 2.34. The first kappa shape index (κ1) is 13.1. The number of carboxylic acids is 1. The Morgan fingerprint density at radius 3 is 2.44 bits per heavy atom. The third kappa shape index (κ3) is 2.93. The Morgan fingerprint density at radius 2 is 1.83 bits per heavy atom. The van der Waals surface area contributed by atoms with E-state index in [1.54, 1.807) is 0 Å². The van der Waals surface area contributed by atoms with Crippen molar-refractivity contribution < 1.29 is 14.7 Å². The van der Waals surface area contributed by atoms with Crippen molar-refractivity contribution in [2.45, 2.75) is 37.8 Å². The predicted molar refractivity (Wildman–Crippen MR) is 66.4 cm³/mol. The fourth-order valence-electron chi connectivity index (χ4n) is 2.68. The second-order valence-corrected chi connectivity index (χ2v) is 5.22. The summed E-state index contributed by atoms with van der Waals surface area (Å²) < 4.78 is 0. The molecule has 1 atom stereocenters. The number of amides is 2. The first-order valence-corrected chi connectivity index (χ1v) is 6.56. The molecule has 102 valence electrons. The zero-order valence-electron chi connectivity index (χ0n) is 10.8. The Hall–Kier alpha value is -1.30. The van der Waals surface area contributed by atoms with Crippen molar-refractivity contribution in [1.82, 2.24) is 15.1 Å². The molecular weight excluding hydrogens is 234 g/mol. The van der Waals surface area contributed by atoms with E-state index in [0.29, 0.717) is 13.0 Å². The summed E-state index contributed by atoms with van der Waals surface area (Å²) in [7, 11) is 2.07. The van der Waals surface area contributed by atoms with E-state index in [0.717, 1.165) is 32.4 Å². The zero-order valence-corrected chi connectivity index (χ0v) is 10.8. The highest BCUT2D eigenvalue weighted by molar-refractivity contribution is 5.83. The smallest absolute Gasteiger partial charge is 0.326 e. The number of likely N-dealkylation sites (tertiary alicyclic amines) is 2. The van der Waals surface area contributed by atoms with Gasteiger partial charge in [0.25, 0.3) is 0 Å². The number of hydrogen-bond acceptors (Lipinski definition) is 3. The van der Waals surface area contributed by atoms with Crippen LogP contribution in [0, 0.1) is 0 Å². The van der Waals surface area contributed by atoms with Crippen LogP contribution in [0.25, 0.3) is 0 Å². The third-order valence-corrected chi connectivity index (χ3v) is 3.84. The second-order valence-electron chi connectivity index (χ2n) is 5.22. The van der Waals surface area contributed by atoms with Crippen molar-refractivity contribution in [2.24, 2.45) is 0 Å². The van der Waals surface area contributed by atoms with Crippen molar-refractivity contribution in [2.75, 3.05) is 26.7 Å². The van der Waals surface area contributed by atoms with Gasteiger partial charge in [0.1, 0.15) is 6.04 Å². The summed E-state index contributed by atoms with van der Waals surface area (Å²) in [6.45, 7) is 2.51. The molecule has 2 saturated heterocycles. The van der Waals surface area contributed by atoms with Crippen molar-refractivity contribution in [3.05, 3.63) is 0 Å². The molecule has 0 aromatic heterocycles. The van der Waals surface area contributed by atoms with Crippen molar-refractivity contribution in [3.63, 3.8) is 0 Å². The fourth-order valence-corrected chi connectivity index (χ4v) is 2.68. The molecular formula is C12H21N3O3. The predicted octanol–water partition coefficient (Wildman–Crippen LogP) is 0.339. The summed E-state index contributed by atoms with van der Waals surface area (Å²) in [5.41, 5.74) is 0. The minimum Gasteiger partial charge on any atom is -0.480 e. The van der Waals surface area contributed by atoms with Gasteiger partial charge in [0.15, 0.2) is 0 Å². The lowest BCUT2D eigenvalue weighted by molar-refractivity contribution is -0.141. The number of carbonyl (C=O) groups excluding carboxylic acids is 1. The molecule has 0 aromatic rings. The van der Waals surface area contributed by atoms with Gasteiger partial charge in [0, 0.05) is 12.6 Å². The Bertz CT molecular complexity index is 327. The Labute approximate surface area is 107 Å². The highest BCUT2D eigenvalue weighted by Crippen LogP contribution is 2.18. The molecule has 18 heavy (non-hydrogen) atoms. The van der Waals surface area contributed by atoms with Crippen LogP contribution in [-0.2, 0) is 4.79 Å². The molecule has 0 bridgehead atoms. The van der Waals surface area contributed by atoms with Gasteiger partial charge < -0.3 is 20.2 Å². The summed E-state index contributed by atoms with van der Waals surface area (Å²) in [6, 6.07) is -0.672. The number of aliphatic carboxylic acids is 1. The molecule has 0 aromatic carbocycles. The zero-order chi connectivity index (χ0) is 13.1. The van der Waals surface area contributed by atoms with Crippen LogP contribution in [0.4, 0.5) is 4.79 Å². The minimum atomic E-state index is -0.897. The maximum absolute atomic E-state index is 12.0. The normalized spacial score (nSPS) is 26.3. The SMILES string of the molecule is CN1CCC(NC(=O)N2CCC[C@H]2C(=O)O)CC1. The van der Waals surface area contributed by atoms with Crippen molar-refractivity contribution in [3.8, 4) is 0 Å². The molecule has 0 radical (unpaired) electrons. The van der Waals surface area contributed by atoms with Crippen molar-refractivity contribution >= 4 is 12.0 Å². The molecule has 0 aliphatic carbocycles. The fraction of sp³-hybridized carbons (Fsp3) is 0.833. The number of rotatable bonds is 2. The van der Waals surface area contributed by atoms with Gasteiger partial charge in [-0.1, -0.05) is 0 Å². The van der Waals surface area contributed by atoms with Gasteiger partial charge >= 0.3 is 12.0 Å². The van der Waals surface area contributed by atoms with Crippen LogP contribution in [-0.4, -0.2) is 65.7 Å². The van der Waals surface area contributed by atoms with E-state index >= 15 is 0 Å². The minimum absolute atomic E-state index is 0.184.